The van der Waals surface area contributed by atoms with Gasteiger partial charge in [-0.25, -0.2) is 4.39 Å². The Morgan fingerprint density at radius 2 is 1.67 bits per heavy atom. The fraction of sp³-hybridized carbons (Fsp3) is 0.667. The van der Waals surface area contributed by atoms with Gasteiger partial charge in [0.05, 0.1) is 18.3 Å². The van der Waals surface area contributed by atoms with Gasteiger partial charge in [-0.05, 0) is 44.1 Å². The zero-order valence-electron chi connectivity index (χ0n) is 16.1. The molecule has 0 saturated carbocycles. The molecule has 0 spiro atoms. The lowest BCUT2D eigenvalue weighted by atomic mass is 9.91. The maximum atomic E-state index is 13.6. The highest BCUT2D eigenvalue weighted by Crippen LogP contribution is 2.24. The van der Waals surface area contributed by atoms with Gasteiger partial charge in [-0.2, -0.15) is 0 Å². The largest absolute Gasteiger partial charge is 0.481 e. The van der Waals surface area contributed by atoms with Crippen molar-refractivity contribution in [2.45, 2.75) is 83.0 Å². The number of rotatable bonds is 14. The van der Waals surface area contributed by atoms with Crippen LogP contribution in [0.4, 0.5) is 4.39 Å². The Morgan fingerprint density at radius 3 is 2.33 bits per heavy atom. The molecule has 0 saturated heterocycles. The number of carbonyl (C=O) groups is 1. The Morgan fingerprint density at radius 1 is 1.00 bits per heavy atom. The van der Waals surface area contributed by atoms with Crippen molar-refractivity contribution in [1.29, 1.82) is 0 Å². The summed E-state index contributed by atoms with van der Waals surface area (Å²) in [5, 5.41) is 39.0. The molecule has 4 N–H and O–H groups in total. The van der Waals surface area contributed by atoms with Crippen LogP contribution >= 0.6 is 0 Å². The summed E-state index contributed by atoms with van der Waals surface area (Å²) in [6.07, 6.45) is 2.79. The van der Waals surface area contributed by atoms with E-state index in [2.05, 4.69) is 0 Å². The Bertz CT molecular complexity index is 551. The molecule has 5 nitrogen and oxygen atoms in total. The number of unbranched alkanes of at least 4 members (excludes halogenated alkanes) is 3. The number of carboxylic acids is 1. The second-order valence-corrected chi connectivity index (χ2v) is 7.40. The van der Waals surface area contributed by atoms with Gasteiger partial charge in [-0.3, -0.25) is 4.79 Å². The predicted octanol–water partition coefficient (Wildman–Crippen LogP) is 3.81. The molecule has 0 bridgehead atoms. The molecule has 0 heterocycles. The van der Waals surface area contributed by atoms with E-state index in [-0.39, 0.29) is 37.2 Å². The van der Waals surface area contributed by atoms with E-state index in [1.165, 1.54) is 12.1 Å². The van der Waals surface area contributed by atoms with Crippen LogP contribution in [0.25, 0.3) is 0 Å². The van der Waals surface area contributed by atoms with Crippen LogP contribution < -0.4 is 0 Å². The standard InChI is InChI=1S/C21H33FO5/c1-15(8-4-2-3-5-11-21(26)27)20(25)14-16(23)12-13-19(24)17-9-6-7-10-18(17)22/h6-7,9-10,15-16,19-20,23-25H,2-5,8,11-14H2,1H3,(H,26,27)/t15-,16-,19-,20-/m0/s1. The van der Waals surface area contributed by atoms with Gasteiger partial charge in [0.15, 0.2) is 0 Å². The number of aliphatic hydroxyl groups is 3. The smallest absolute Gasteiger partial charge is 0.303 e. The molecule has 27 heavy (non-hydrogen) atoms. The average molecular weight is 384 g/mol. The summed E-state index contributed by atoms with van der Waals surface area (Å²) in [7, 11) is 0. The van der Waals surface area contributed by atoms with Crippen LogP contribution in [0.5, 0.6) is 0 Å². The normalized spacial score (nSPS) is 15.9. The molecule has 0 aliphatic heterocycles. The first-order valence-corrected chi connectivity index (χ1v) is 9.81. The van der Waals surface area contributed by atoms with E-state index < -0.39 is 30.1 Å². The van der Waals surface area contributed by atoms with Crippen molar-refractivity contribution < 1.29 is 29.6 Å². The molecule has 0 unspecified atom stereocenters. The Kier molecular flexibility index (Phi) is 11.2. The highest BCUT2D eigenvalue weighted by Gasteiger charge is 2.20. The van der Waals surface area contributed by atoms with Crippen molar-refractivity contribution in [3.63, 3.8) is 0 Å². The second-order valence-electron chi connectivity index (χ2n) is 7.40. The lowest BCUT2D eigenvalue weighted by Gasteiger charge is -2.22. The lowest BCUT2D eigenvalue weighted by molar-refractivity contribution is -0.137. The molecule has 0 amide bonds. The van der Waals surface area contributed by atoms with Crippen molar-refractivity contribution in [3.8, 4) is 0 Å². The third kappa shape index (κ3) is 9.84. The lowest BCUT2D eigenvalue weighted by Crippen LogP contribution is -2.24. The monoisotopic (exact) mass is 384 g/mol. The van der Waals surface area contributed by atoms with E-state index in [4.69, 9.17) is 5.11 Å². The Balaban J connectivity index is 2.21. The first kappa shape index (κ1) is 23.5. The van der Waals surface area contributed by atoms with Gasteiger partial charge >= 0.3 is 5.97 Å². The first-order valence-electron chi connectivity index (χ1n) is 9.81. The molecule has 0 aliphatic rings. The van der Waals surface area contributed by atoms with E-state index in [1.54, 1.807) is 12.1 Å². The second kappa shape index (κ2) is 12.8. The van der Waals surface area contributed by atoms with Gasteiger partial charge in [-0.1, -0.05) is 44.4 Å². The summed E-state index contributed by atoms with van der Waals surface area (Å²) in [5.74, 6) is -1.19. The summed E-state index contributed by atoms with van der Waals surface area (Å²) in [4.78, 5) is 10.4. The minimum atomic E-state index is -0.971. The zero-order chi connectivity index (χ0) is 20.2. The van der Waals surface area contributed by atoms with Gasteiger partial charge in [0.2, 0.25) is 0 Å². The molecule has 0 aromatic heterocycles. The van der Waals surface area contributed by atoms with Crippen molar-refractivity contribution in [2.75, 3.05) is 0 Å². The molecule has 154 valence electrons. The molecule has 0 radical (unpaired) electrons. The van der Waals surface area contributed by atoms with Gasteiger partial charge in [0.1, 0.15) is 5.82 Å². The number of hydrogen-bond acceptors (Lipinski definition) is 4. The van der Waals surface area contributed by atoms with Crippen LogP contribution in [0, 0.1) is 11.7 Å². The fourth-order valence-electron chi connectivity index (χ4n) is 3.17. The molecule has 1 rings (SSSR count). The summed E-state index contributed by atoms with van der Waals surface area (Å²) in [6.45, 7) is 1.93. The quantitative estimate of drug-likeness (QED) is 0.366. The van der Waals surface area contributed by atoms with Crippen molar-refractivity contribution in [1.82, 2.24) is 0 Å². The highest BCUT2D eigenvalue weighted by atomic mass is 19.1. The van der Waals surface area contributed by atoms with Gasteiger partial charge in [0, 0.05) is 12.0 Å². The summed E-state index contributed by atoms with van der Waals surface area (Å²) in [5.41, 5.74) is 0.224. The molecular formula is C21H33FO5. The number of aliphatic hydroxyl groups excluding tert-OH is 3. The summed E-state index contributed by atoms with van der Waals surface area (Å²) in [6, 6.07) is 6.04. The molecule has 1 aromatic carbocycles. The third-order valence-electron chi connectivity index (χ3n) is 5.01. The van der Waals surface area contributed by atoms with E-state index >= 15 is 0 Å². The molecular weight excluding hydrogens is 351 g/mol. The van der Waals surface area contributed by atoms with Crippen molar-refractivity contribution in [2.24, 2.45) is 5.92 Å². The van der Waals surface area contributed by atoms with Crippen molar-refractivity contribution in [3.05, 3.63) is 35.6 Å². The predicted molar refractivity (Wildman–Crippen MR) is 102 cm³/mol. The van der Waals surface area contributed by atoms with E-state index in [9.17, 15) is 24.5 Å². The fourth-order valence-corrected chi connectivity index (χ4v) is 3.17. The summed E-state index contributed by atoms with van der Waals surface area (Å²) < 4.78 is 13.6. The molecule has 6 heteroatoms. The number of aliphatic carboxylic acids is 1. The van der Waals surface area contributed by atoms with E-state index in [0.717, 1.165) is 25.7 Å². The zero-order valence-corrected chi connectivity index (χ0v) is 16.1. The average Bonchev–Trinajstić information content (AvgIpc) is 2.62. The van der Waals surface area contributed by atoms with Crippen LogP contribution in [0.3, 0.4) is 0 Å². The molecule has 1 aromatic rings. The number of benzene rings is 1. The maximum Gasteiger partial charge on any atom is 0.303 e. The van der Waals surface area contributed by atoms with Gasteiger partial charge in [-0.15, -0.1) is 0 Å². The minimum Gasteiger partial charge on any atom is -0.481 e. The van der Waals surface area contributed by atoms with Gasteiger partial charge < -0.3 is 20.4 Å². The van der Waals surface area contributed by atoms with Crippen LogP contribution in [-0.4, -0.2) is 38.6 Å². The van der Waals surface area contributed by atoms with Gasteiger partial charge in [0.25, 0.3) is 0 Å². The maximum absolute atomic E-state index is 13.6. The van der Waals surface area contributed by atoms with Crippen LogP contribution in [-0.2, 0) is 4.79 Å². The number of carboxylic acid groups (broad SMARTS) is 1. The molecule has 4 atom stereocenters. The number of hydrogen-bond donors (Lipinski definition) is 4. The minimum absolute atomic E-state index is 0.0376. The molecule has 0 aliphatic carbocycles. The topological polar surface area (TPSA) is 98.0 Å². The number of halogens is 1. The van der Waals surface area contributed by atoms with Crippen LogP contribution in [0.2, 0.25) is 0 Å². The highest BCUT2D eigenvalue weighted by molar-refractivity contribution is 5.66. The SMILES string of the molecule is C[C@@H](CCCCCCC(=O)O)[C@@H](O)C[C@@H](O)CC[C@H](O)c1ccccc1F. The van der Waals surface area contributed by atoms with E-state index in [1.807, 2.05) is 6.92 Å². The summed E-state index contributed by atoms with van der Waals surface area (Å²) >= 11 is 0. The van der Waals surface area contributed by atoms with Crippen molar-refractivity contribution >= 4 is 5.97 Å². The van der Waals surface area contributed by atoms with Crippen LogP contribution in [0.1, 0.15) is 76.4 Å². The van der Waals surface area contributed by atoms with Crippen LogP contribution in [0.15, 0.2) is 24.3 Å². The Labute approximate surface area is 160 Å². The Hall–Kier alpha value is -1.50. The first-order chi connectivity index (χ1) is 12.8. The molecule has 0 fully saturated rings. The third-order valence-corrected chi connectivity index (χ3v) is 5.01. The van der Waals surface area contributed by atoms with E-state index in [0.29, 0.717) is 6.42 Å².